The monoisotopic (exact) mass is 342 g/mol. The number of benzene rings is 4. The maximum Gasteiger partial charge on any atom is 0.132 e. The smallest absolute Gasteiger partial charge is 0.132 e. The Morgan fingerprint density at radius 2 is 1.19 bits per heavy atom. The molecule has 0 aliphatic carbocycles. The average molecular weight is 342 g/mol. The molecule has 0 fully saturated rings. The molecule has 0 N–H and O–H groups in total. The minimum atomic E-state index is -0.000209. The normalized spacial score (nSPS) is 12.2. The van der Waals surface area contributed by atoms with E-state index in [2.05, 4.69) is 43.3 Å². The van der Waals surface area contributed by atoms with E-state index in [0.717, 1.165) is 28.7 Å². The van der Waals surface area contributed by atoms with Crippen LogP contribution in [0.5, 0.6) is 11.5 Å². The van der Waals surface area contributed by atoms with Crippen molar-refractivity contribution in [1.29, 1.82) is 0 Å². The number of rotatable bonds is 6. The van der Waals surface area contributed by atoms with Crippen molar-refractivity contribution in [2.45, 2.75) is 19.4 Å². The molecule has 4 rings (SSSR count). The summed E-state index contributed by atoms with van der Waals surface area (Å²) in [5.74, 6) is 1.82. The number of fused-ring (bicyclic) bond motifs is 2. The molecule has 2 nitrogen and oxygen atoms in total. The van der Waals surface area contributed by atoms with Gasteiger partial charge in [-0.2, -0.15) is 0 Å². The highest BCUT2D eigenvalue weighted by atomic mass is 16.5. The molecule has 0 saturated heterocycles. The Kier molecular flexibility index (Phi) is 4.74. The van der Waals surface area contributed by atoms with Crippen LogP contribution >= 0.6 is 0 Å². The third-order valence-electron chi connectivity index (χ3n) is 4.67. The zero-order valence-corrected chi connectivity index (χ0v) is 14.9. The molecule has 0 aromatic heterocycles. The van der Waals surface area contributed by atoms with Gasteiger partial charge in [-0.05, 0) is 29.3 Å². The van der Waals surface area contributed by atoms with Gasteiger partial charge < -0.3 is 9.47 Å². The minimum absolute atomic E-state index is 0.000209. The molecule has 0 spiro atoms. The lowest BCUT2D eigenvalue weighted by Crippen LogP contribution is -2.24. The first-order valence-electron chi connectivity index (χ1n) is 9.10. The van der Waals surface area contributed by atoms with E-state index in [4.69, 9.17) is 9.47 Å². The highest BCUT2D eigenvalue weighted by molar-refractivity contribution is 5.89. The largest absolute Gasteiger partial charge is 0.489 e. The van der Waals surface area contributed by atoms with Crippen molar-refractivity contribution in [3.05, 3.63) is 84.9 Å². The second-order valence-corrected chi connectivity index (χ2v) is 6.41. The number of hydrogen-bond acceptors (Lipinski definition) is 2. The standard InChI is InChI=1S/C24H22O2/c1-2-20(26-24-16-8-12-19-10-4-6-14-22(19)24)17-25-23-15-7-11-18-9-3-5-13-21(18)23/h3-16,20H,2,17H2,1H3. The van der Waals surface area contributed by atoms with E-state index in [9.17, 15) is 0 Å². The molecule has 0 aliphatic heterocycles. The number of ether oxygens (including phenoxy) is 2. The molecular formula is C24H22O2. The quantitative estimate of drug-likeness (QED) is 0.413. The van der Waals surface area contributed by atoms with Gasteiger partial charge in [-0.1, -0.05) is 79.7 Å². The zero-order chi connectivity index (χ0) is 17.8. The van der Waals surface area contributed by atoms with Crippen molar-refractivity contribution >= 4 is 21.5 Å². The molecule has 130 valence electrons. The molecule has 2 heteroatoms. The Hall–Kier alpha value is -3.00. The van der Waals surface area contributed by atoms with Gasteiger partial charge in [0.1, 0.15) is 24.2 Å². The van der Waals surface area contributed by atoms with E-state index in [1.807, 2.05) is 48.5 Å². The lowest BCUT2D eigenvalue weighted by Gasteiger charge is -2.20. The Balaban J connectivity index is 1.53. The summed E-state index contributed by atoms with van der Waals surface area (Å²) in [6.07, 6.45) is 0.883. The van der Waals surface area contributed by atoms with Crippen LogP contribution in [0.15, 0.2) is 84.9 Å². The van der Waals surface area contributed by atoms with E-state index >= 15 is 0 Å². The Morgan fingerprint density at radius 3 is 1.85 bits per heavy atom. The first kappa shape index (κ1) is 16.5. The van der Waals surface area contributed by atoms with Gasteiger partial charge in [-0.15, -0.1) is 0 Å². The minimum Gasteiger partial charge on any atom is -0.489 e. The summed E-state index contributed by atoms with van der Waals surface area (Å²) in [6, 6.07) is 28.9. The van der Waals surface area contributed by atoms with Crippen LogP contribution in [0.3, 0.4) is 0 Å². The molecule has 0 heterocycles. The lowest BCUT2D eigenvalue weighted by molar-refractivity contribution is 0.127. The van der Waals surface area contributed by atoms with Crippen molar-refractivity contribution in [1.82, 2.24) is 0 Å². The van der Waals surface area contributed by atoms with Gasteiger partial charge >= 0.3 is 0 Å². The molecule has 0 bridgehead atoms. The van der Waals surface area contributed by atoms with Gasteiger partial charge in [-0.25, -0.2) is 0 Å². The molecule has 0 radical (unpaired) electrons. The predicted molar refractivity (Wildman–Crippen MR) is 108 cm³/mol. The second kappa shape index (κ2) is 7.49. The predicted octanol–water partition coefficient (Wildman–Crippen LogP) is 6.23. The Morgan fingerprint density at radius 1 is 0.654 bits per heavy atom. The van der Waals surface area contributed by atoms with Crippen molar-refractivity contribution in [3.8, 4) is 11.5 Å². The molecule has 1 atom stereocenters. The maximum absolute atomic E-state index is 6.29. The lowest BCUT2D eigenvalue weighted by atomic mass is 10.1. The molecule has 0 saturated carbocycles. The Bertz CT molecular complexity index is 1010. The fraction of sp³-hybridized carbons (Fsp3) is 0.167. The second-order valence-electron chi connectivity index (χ2n) is 6.41. The molecule has 26 heavy (non-hydrogen) atoms. The zero-order valence-electron chi connectivity index (χ0n) is 14.9. The van der Waals surface area contributed by atoms with Crippen molar-refractivity contribution in [2.24, 2.45) is 0 Å². The van der Waals surface area contributed by atoms with Gasteiger partial charge in [0, 0.05) is 10.8 Å². The summed E-state index contributed by atoms with van der Waals surface area (Å²) in [7, 11) is 0. The first-order valence-corrected chi connectivity index (χ1v) is 9.10. The van der Waals surface area contributed by atoms with E-state index < -0.39 is 0 Å². The SMILES string of the molecule is CCC(COc1cccc2ccccc12)Oc1cccc2ccccc12. The molecule has 0 aliphatic rings. The molecule has 0 amide bonds. The summed E-state index contributed by atoms with van der Waals surface area (Å²) in [5.41, 5.74) is 0. The van der Waals surface area contributed by atoms with E-state index in [1.165, 1.54) is 10.8 Å². The van der Waals surface area contributed by atoms with Crippen molar-refractivity contribution < 1.29 is 9.47 Å². The fourth-order valence-corrected chi connectivity index (χ4v) is 3.22. The van der Waals surface area contributed by atoms with Crippen molar-refractivity contribution in [2.75, 3.05) is 6.61 Å². The summed E-state index contributed by atoms with van der Waals surface area (Å²) in [5, 5.41) is 4.65. The van der Waals surface area contributed by atoms with Crippen LogP contribution in [0.2, 0.25) is 0 Å². The van der Waals surface area contributed by atoms with Gasteiger partial charge in [0.05, 0.1) is 0 Å². The van der Waals surface area contributed by atoms with Crippen LogP contribution < -0.4 is 9.47 Å². The topological polar surface area (TPSA) is 18.5 Å². The third-order valence-corrected chi connectivity index (χ3v) is 4.67. The van der Waals surface area contributed by atoms with E-state index in [-0.39, 0.29) is 6.10 Å². The first-order chi connectivity index (χ1) is 12.8. The molecule has 4 aromatic carbocycles. The highest BCUT2D eigenvalue weighted by Gasteiger charge is 2.12. The maximum atomic E-state index is 6.29. The Labute approximate surface area is 154 Å². The average Bonchev–Trinajstić information content (AvgIpc) is 2.71. The van der Waals surface area contributed by atoms with Gasteiger partial charge in [0.25, 0.3) is 0 Å². The van der Waals surface area contributed by atoms with Crippen LogP contribution in [-0.2, 0) is 0 Å². The van der Waals surface area contributed by atoms with Gasteiger partial charge in [0.15, 0.2) is 0 Å². The fourth-order valence-electron chi connectivity index (χ4n) is 3.22. The highest BCUT2D eigenvalue weighted by Crippen LogP contribution is 2.28. The summed E-state index contributed by atoms with van der Waals surface area (Å²) in [6.45, 7) is 2.65. The van der Waals surface area contributed by atoms with Crippen LogP contribution in [-0.4, -0.2) is 12.7 Å². The summed E-state index contributed by atoms with van der Waals surface area (Å²) in [4.78, 5) is 0. The van der Waals surface area contributed by atoms with E-state index in [0.29, 0.717) is 6.61 Å². The van der Waals surface area contributed by atoms with Crippen LogP contribution in [0, 0.1) is 0 Å². The van der Waals surface area contributed by atoms with Crippen LogP contribution in [0.1, 0.15) is 13.3 Å². The summed E-state index contributed by atoms with van der Waals surface area (Å²) < 4.78 is 12.4. The molecular weight excluding hydrogens is 320 g/mol. The third kappa shape index (κ3) is 3.36. The van der Waals surface area contributed by atoms with Crippen molar-refractivity contribution in [3.63, 3.8) is 0 Å². The van der Waals surface area contributed by atoms with Crippen LogP contribution in [0.25, 0.3) is 21.5 Å². The van der Waals surface area contributed by atoms with Gasteiger partial charge in [-0.3, -0.25) is 0 Å². The van der Waals surface area contributed by atoms with E-state index in [1.54, 1.807) is 0 Å². The van der Waals surface area contributed by atoms with Gasteiger partial charge in [0.2, 0.25) is 0 Å². The molecule has 1 unspecified atom stereocenters. The summed E-state index contributed by atoms with van der Waals surface area (Å²) >= 11 is 0. The molecule has 4 aromatic rings. The van der Waals surface area contributed by atoms with Crippen LogP contribution in [0.4, 0.5) is 0 Å². The number of hydrogen-bond donors (Lipinski definition) is 0.